The first-order valence-electron chi connectivity index (χ1n) is 8.28. The minimum absolute atomic E-state index is 0.430. The van der Waals surface area contributed by atoms with Gasteiger partial charge in [-0.1, -0.05) is 64.0 Å². The van der Waals surface area contributed by atoms with Gasteiger partial charge in [-0.15, -0.1) is 11.6 Å². The monoisotopic (exact) mass is 304 g/mol. The maximum Gasteiger partial charge on any atom is 0.146 e. The second kappa shape index (κ2) is 18.9. The molecule has 0 unspecified atom stereocenters. The van der Waals surface area contributed by atoms with Crippen LogP contribution in [0.4, 0.5) is 0 Å². The second-order valence-electron chi connectivity index (χ2n) is 5.15. The Kier molecular flexibility index (Phi) is 18.9. The van der Waals surface area contributed by atoms with Crippen LogP contribution >= 0.6 is 11.6 Å². The molecule has 2 nitrogen and oxygen atoms in total. The number of rotatable bonds is 16. The van der Waals surface area contributed by atoms with Gasteiger partial charge in [0.2, 0.25) is 0 Å². The minimum atomic E-state index is 0.430. The summed E-state index contributed by atoms with van der Waals surface area (Å²) >= 11 is 5.56. The van der Waals surface area contributed by atoms with E-state index in [1.165, 1.54) is 44.9 Å². The van der Waals surface area contributed by atoms with E-state index in [0.717, 1.165) is 32.5 Å². The molecular weight excluding hydrogens is 272 g/mol. The largest absolute Gasteiger partial charge is 0.355 e. The van der Waals surface area contributed by atoms with Crippen molar-refractivity contribution in [2.24, 2.45) is 0 Å². The summed E-state index contributed by atoms with van der Waals surface area (Å²) < 4.78 is 10.8. The zero-order chi connectivity index (χ0) is 14.7. The maximum absolute atomic E-state index is 5.56. The summed E-state index contributed by atoms with van der Waals surface area (Å²) in [5.74, 6) is 0.694. The number of alkyl halides is 1. The number of unbranched alkanes of at least 4 members (excludes halogenated alkanes) is 7. The zero-order valence-electron chi connectivity index (χ0n) is 13.2. The lowest BCUT2D eigenvalue weighted by atomic mass is 10.1. The predicted molar refractivity (Wildman–Crippen MR) is 88.5 cm³/mol. The Morgan fingerprint density at radius 1 is 0.750 bits per heavy atom. The van der Waals surface area contributed by atoms with Crippen molar-refractivity contribution >= 4 is 11.6 Å². The van der Waals surface area contributed by atoms with E-state index in [4.69, 9.17) is 21.1 Å². The quantitative estimate of drug-likeness (QED) is 0.158. The van der Waals surface area contributed by atoms with Gasteiger partial charge in [-0.05, 0) is 19.3 Å². The SMILES string of the molecule is CCCCCCCCCCOCOCCC=CCCCl. The lowest BCUT2D eigenvalue weighted by Crippen LogP contribution is -2.02. The topological polar surface area (TPSA) is 18.5 Å². The van der Waals surface area contributed by atoms with Gasteiger partial charge in [0.1, 0.15) is 6.79 Å². The first kappa shape index (κ1) is 19.9. The van der Waals surface area contributed by atoms with Crippen molar-refractivity contribution in [1.29, 1.82) is 0 Å². The average molecular weight is 305 g/mol. The Balaban J connectivity index is 2.96. The van der Waals surface area contributed by atoms with Crippen molar-refractivity contribution in [1.82, 2.24) is 0 Å². The molecule has 0 amide bonds. The van der Waals surface area contributed by atoms with Crippen LogP contribution in [0.25, 0.3) is 0 Å². The second-order valence-corrected chi connectivity index (χ2v) is 5.52. The van der Waals surface area contributed by atoms with E-state index >= 15 is 0 Å². The number of hydrogen-bond donors (Lipinski definition) is 0. The van der Waals surface area contributed by atoms with Crippen molar-refractivity contribution < 1.29 is 9.47 Å². The average Bonchev–Trinajstić information content (AvgIpc) is 2.47. The fourth-order valence-corrected chi connectivity index (χ4v) is 2.09. The van der Waals surface area contributed by atoms with Gasteiger partial charge in [0.15, 0.2) is 0 Å². The molecular formula is C17H33ClO2. The zero-order valence-corrected chi connectivity index (χ0v) is 14.0. The third kappa shape index (κ3) is 17.9. The van der Waals surface area contributed by atoms with Crippen LogP contribution in [-0.4, -0.2) is 25.9 Å². The molecule has 0 saturated carbocycles. The molecule has 0 bridgehead atoms. The van der Waals surface area contributed by atoms with Crippen LogP contribution in [0.5, 0.6) is 0 Å². The number of ether oxygens (including phenoxy) is 2. The first-order chi connectivity index (χ1) is 9.91. The fraction of sp³-hybridized carbons (Fsp3) is 0.882. The summed E-state index contributed by atoms with van der Waals surface area (Å²) in [7, 11) is 0. The maximum atomic E-state index is 5.56. The Morgan fingerprint density at radius 3 is 2.05 bits per heavy atom. The fourth-order valence-electron chi connectivity index (χ4n) is 1.96. The third-order valence-corrected chi connectivity index (χ3v) is 3.40. The standard InChI is InChI=1S/C17H33ClO2/c1-2-3-4-5-6-7-9-12-15-19-17-20-16-13-10-8-11-14-18/h8,10H,2-7,9,11-17H2,1H3. The van der Waals surface area contributed by atoms with E-state index in [0.29, 0.717) is 12.7 Å². The van der Waals surface area contributed by atoms with E-state index in [-0.39, 0.29) is 0 Å². The summed E-state index contributed by atoms with van der Waals surface area (Å²) in [4.78, 5) is 0. The van der Waals surface area contributed by atoms with Crippen LogP contribution < -0.4 is 0 Å². The summed E-state index contributed by atoms with van der Waals surface area (Å²) in [5, 5.41) is 0. The molecule has 0 aliphatic rings. The van der Waals surface area contributed by atoms with E-state index < -0.39 is 0 Å². The van der Waals surface area contributed by atoms with Crippen LogP contribution in [0.3, 0.4) is 0 Å². The first-order valence-corrected chi connectivity index (χ1v) is 8.81. The van der Waals surface area contributed by atoms with E-state index in [9.17, 15) is 0 Å². The van der Waals surface area contributed by atoms with Gasteiger partial charge < -0.3 is 9.47 Å². The van der Waals surface area contributed by atoms with Crippen molar-refractivity contribution in [3.05, 3.63) is 12.2 Å². The highest BCUT2D eigenvalue weighted by Gasteiger charge is 1.92. The number of halogens is 1. The Hall–Kier alpha value is -0.0500. The van der Waals surface area contributed by atoms with Crippen LogP contribution in [0.15, 0.2) is 12.2 Å². The molecule has 0 saturated heterocycles. The highest BCUT2D eigenvalue weighted by atomic mass is 35.5. The van der Waals surface area contributed by atoms with Crippen LogP contribution in [0.2, 0.25) is 0 Å². The van der Waals surface area contributed by atoms with E-state index in [1.807, 2.05) is 0 Å². The molecule has 0 aromatic rings. The molecule has 0 aliphatic carbocycles. The molecule has 0 heterocycles. The highest BCUT2D eigenvalue weighted by Crippen LogP contribution is 2.08. The summed E-state index contributed by atoms with van der Waals surface area (Å²) in [6.45, 7) is 4.25. The van der Waals surface area contributed by atoms with Crippen LogP contribution in [-0.2, 0) is 9.47 Å². The van der Waals surface area contributed by atoms with Gasteiger partial charge in [0, 0.05) is 12.5 Å². The van der Waals surface area contributed by atoms with E-state index in [2.05, 4.69) is 19.1 Å². The molecule has 0 aromatic carbocycles. The predicted octanol–water partition coefficient (Wildman–Crippen LogP) is 5.69. The molecule has 0 radical (unpaired) electrons. The molecule has 0 fully saturated rings. The highest BCUT2D eigenvalue weighted by molar-refractivity contribution is 6.17. The molecule has 0 N–H and O–H groups in total. The molecule has 0 aromatic heterocycles. The minimum Gasteiger partial charge on any atom is -0.355 e. The third-order valence-electron chi connectivity index (χ3n) is 3.18. The van der Waals surface area contributed by atoms with Crippen molar-refractivity contribution in [3.63, 3.8) is 0 Å². The van der Waals surface area contributed by atoms with Crippen molar-refractivity contribution in [2.75, 3.05) is 25.9 Å². The Morgan fingerprint density at radius 2 is 1.35 bits per heavy atom. The summed E-state index contributed by atoms with van der Waals surface area (Å²) in [5.41, 5.74) is 0. The van der Waals surface area contributed by atoms with Crippen molar-refractivity contribution in [2.45, 2.75) is 71.1 Å². The Labute approximate surface area is 130 Å². The molecule has 120 valence electrons. The number of hydrogen-bond acceptors (Lipinski definition) is 2. The van der Waals surface area contributed by atoms with Gasteiger partial charge in [-0.2, -0.15) is 0 Å². The van der Waals surface area contributed by atoms with Gasteiger partial charge in [-0.3, -0.25) is 0 Å². The van der Waals surface area contributed by atoms with Gasteiger partial charge in [0.05, 0.1) is 6.61 Å². The summed E-state index contributed by atoms with van der Waals surface area (Å²) in [6, 6.07) is 0. The number of allylic oxidation sites excluding steroid dienone is 1. The van der Waals surface area contributed by atoms with Gasteiger partial charge in [0.25, 0.3) is 0 Å². The van der Waals surface area contributed by atoms with Gasteiger partial charge in [-0.25, -0.2) is 0 Å². The molecule has 20 heavy (non-hydrogen) atoms. The molecule has 0 rings (SSSR count). The normalized spacial score (nSPS) is 11.5. The van der Waals surface area contributed by atoms with Crippen LogP contribution in [0.1, 0.15) is 71.1 Å². The van der Waals surface area contributed by atoms with Crippen molar-refractivity contribution in [3.8, 4) is 0 Å². The Bertz CT molecular complexity index is 195. The molecule has 0 atom stereocenters. The van der Waals surface area contributed by atoms with Crippen LogP contribution in [0, 0.1) is 0 Å². The lowest BCUT2D eigenvalue weighted by Gasteiger charge is -2.05. The van der Waals surface area contributed by atoms with E-state index in [1.54, 1.807) is 0 Å². The molecule has 3 heteroatoms. The molecule has 0 aliphatic heterocycles. The lowest BCUT2D eigenvalue weighted by molar-refractivity contribution is -0.0531. The molecule has 0 spiro atoms. The summed E-state index contributed by atoms with van der Waals surface area (Å²) in [6.07, 6.45) is 16.8. The smallest absolute Gasteiger partial charge is 0.146 e. The van der Waals surface area contributed by atoms with Gasteiger partial charge >= 0.3 is 0 Å².